The Labute approximate surface area is 94.8 Å². The molecule has 0 aromatic carbocycles. The molecule has 16 heavy (non-hydrogen) atoms. The lowest BCUT2D eigenvalue weighted by molar-refractivity contribution is 0.141. The predicted octanol–water partition coefficient (Wildman–Crippen LogP) is 1.45. The third-order valence-corrected chi connectivity index (χ3v) is 3.09. The van der Waals surface area contributed by atoms with Crippen molar-refractivity contribution in [3.8, 4) is 0 Å². The van der Waals surface area contributed by atoms with Gasteiger partial charge in [0.15, 0.2) is 5.82 Å². The molecule has 1 fully saturated rings. The van der Waals surface area contributed by atoms with Crippen LogP contribution in [0, 0.1) is 0 Å². The maximum Gasteiger partial charge on any atom is 0.232 e. The summed E-state index contributed by atoms with van der Waals surface area (Å²) >= 11 is 0. The summed E-state index contributed by atoms with van der Waals surface area (Å²) in [6.45, 7) is 5.18. The van der Waals surface area contributed by atoms with Crippen LogP contribution in [0.1, 0.15) is 50.2 Å². The van der Waals surface area contributed by atoms with Gasteiger partial charge in [-0.25, -0.2) is 0 Å². The number of rotatable bonds is 4. The molecule has 3 atom stereocenters. The second kappa shape index (κ2) is 4.93. The minimum atomic E-state index is -0.460. The number of aromatic nitrogens is 2. The van der Waals surface area contributed by atoms with E-state index >= 15 is 0 Å². The zero-order valence-corrected chi connectivity index (χ0v) is 9.72. The van der Waals surface area contributed by atoms with Gasteiger partial charge >= 0.3 is 0 Å². The highest BCUT2D eigenvalue weighted by atomic mass is 16.5. The molecule has 1 aliphatic heterocycles. The summed E-state index contributed by atoms with van der Waals surface area (Å²) < 4.78 is 10.5. The summed E-state index contributed by atoms with van der Waals surface area (Å²) in [6, 6.07) is 0. The summed E-state index contributed by atoms with van der Waals surface area (Å²) in [6.07, 6.45) is 1.28. The average Bonchev–Trinajstić information content (AvgIpc) is 2.86. The quantitative estimate of drug-likeness (QED) is 0.841. The van der Waals surface area contributed by atoms with E-state index in [1.54, 1.807) is 6.92 Å². The van der Waals surface area contributed by atoms with Crippen LogP contribution in [-0.4, -0.2) is 34.6 Å². The van der Waals surface area contributed by atoms with Crippen LogP contribution in [0.25, 0.3) is 0 Å². The van der Waals surface area contributed by atoms with E-state index in [1.807, 2.05) is 6.92 Å². The Morgan fingerprint density at radius 2 is 2.38 bits per heavy atom. The van der Waals surface area contributed by atoms with E-state index in [0.717, 1.165) is 19.4 Å². The van der Waals surface area contributed by atoms with Crippen molar-refractivity contribution in [2.24, 2.45) is 0 Å². The second-order valence-electron chi connectivity index (χ2n) is 4.31. The SMILES string of the molecule is CCC(c1nc(C2CCOC2)no1)C(C)O. The highest BCUT2D eigenvalue weighted by Gasteiger charge is 2.26. The first-order chi connectivity index (χ1) is 7.72. The van der Waals surface area contributed by atoms with Gasteiger partial charge in [0.05, 0.1) is 18.6 Å². The van der Waals surface area contributed by atoms with E-state index < -0.39 is 6.10 Å². The van der Waals surface area contributed by atoms with E-state index in [2.05, 4.69) is 10.1 Å². The Balaban J connectivity index is 2.11. The van der Waals surface area contributed by atoms with E-state index in [1.165, 1.54) is 0 Å². The summed E-state index contributed by atoms with van der Waals surface area (Å²) in [5.74, 6) is 1.44. The number of ether oxygens (including phenoxy) is 1. The molecular formula is C11H18N2O3. The summed E-state index contributed by atoms with van der Waals surface area (Å²) in [5, 5.41) is 13.6. The first-order valence-electron chi connectivity index (χ1n) is 5.81. The molecule has 0 bridgehead atoms. The molecule has 1 aromatic heterocycles. The van der Waals surface area contributed by atoms with Crippen molar-refractivity contribution in [3.63, 3.8) is 0 Å². The van der Waals surface area contributed by atoms with Gasteiger partial charge in [0.2, 0.25) is 5.89 Å². The zero-order valence-electron chi connectivity index (χ0n) is 9.72. The first kappa shape index (κ1) is 11.5. The van der Waals surface area contributed by atoms with Gasteiger partial charge in [-0.05, 0) is 19.8 Å². The van der Waals surface area contributed by atoms with Crippen LogP contribution in [-0.2, 0) is 4.74 Å². The minimum Gasteiger partial charge on any atom is -0.393 e. The molecule has 0 amide bonds. The smallest absolute Gasteiger partial charge is 0.232 e. The Morgan fingerprint density at radius 1 is 1.56 bits per heavy atom. The summed E-state index contributed by atoms with van der Waals surface area (Å²) in [5.41, 5.74) is 0. The van der Waals surface area contributed by atoms with E-state index in [9.17, 15) is 5.11 Å². The maximum atomic E-state index is 9.59. The topological polar surface area (TPSA) is 68.4 Å². The van der Waals surface area contributed by atoms with Gasteiger partial charge in [-0.3, -0.25) is 0 Å². The molecule has 3 unspecified atom stereocenters. The largest absolute Gasteiger partial charge is 0.393 e. The van der Waals surface area contributed by atoms with Gasteiger partial charge in [-0.15, -0.1) is 0 Å². The van der Waals surface area contributed by atoms with Gasteiger partial charge in [-0.1, -0.05) is 12.1 Å². The van der Waals surface area contributed by atoms with Crippen LogP contribution >= 0.6 is 0 Å². The molecule has 0 saturated carbocycles. The van der Waals surface area contributed by atoms with Crippen LogP contribution < -0.4 is 0 Å². The summed E-state index contributed by atoms with van der Waals surface area (Å²) in [4.78, 5) is 4.37. The van der Waals surface area contributed by atoms with Crippen molar-refractivity contribution in [2.75, 3.05) is 13.2 Å². The molecule has 0 aliphatic carbocycles. The van der Waals surface area contributed by atoms with Crippen LogP contribution in [0.15, 0.2) is 4.52 Å². The molecule has 1 aliphatic rings. The van der Waals surface area contributed by atoms with Crippen LogP contribution in [0.4, 0.5) is 0 Å². The van der Waals surface area contributed by atoms with Crippen molar-refractivity contribution in [1.29, 1.82) is 0 Å². The lowest BCUT2D eigenvalue weighted by atomic mass is 10.0. The average molecular weight is 226 g/mol. The number of hydrogen-bond donors (Lipinski definition) is 1. The van der Waals surface area contributed by atoms with Gasteiger partial charge < -0.3 is 14.4 Å². The van der Waals surface area contributed by atoms with Crippen molar-refractivity contribution in [3.05, 3.63) is 11.7 Å². The normalized spacial score (nSPS) is 24.6. The molecular weight excluding hydrogens is 208 g/mol. The number of aliphatic hydroxyl groups excluding tert-OH is 1. The maximum absolute atomic E-state index is 9.59. The Kier molecular flexibility index (Phi) is 3.56. The highest BCUT2D eigenvalue weighted by Crippen LogP contribution is 2.26. The molecule has 1 saturated heterocycles. The van der Waals surface area contributed by atoms with E-state index in [4.69, 9.17) is 9.26 Å². The molecule has 0 spiro atoms. The fraction of sp³-hybridized carbons (Fsp3) is 0.818. The zero-order chi connectivity index (χ0) is 11.5. The summed E-state index contributed by atoms with van der Waals surface area (Å²) in [7, 11) is 0. The molecule has 90 valence electrons. The molecule has 1 aromatic rings. The van der Waals surface area contributed by atoms with Crippen molar-refractivity contribution < 1.29 is 14.4 Å². The van der Waals surface area contributed by atoms with Gasteiger partial charge in [0.25, 0.3) is 0 Å². The predicted molar refractivity (Wildman–Crippen MR) is 57.2 cm³/mol. The fourth-order valence-electron chi connectivity index (χ4n) is 2.02. The first-order valence-corrected chi connectivity index (χ1v) is 5.81. The molecule has 5 nitrogen and oxygen atoms in total. The molecule has 2 heterocycles. The van der Waals surface area contributed by atoms with Crippen LogP contribution in [0.2, 0.25) is 0 Å². The van der Waals surface area contributed by atoms with Crippen LogP contribution in [0.5, 0.6) is 0 Å². The number of nitrogens with zero attached hydrogens (tertiary/aromatic N) is 2. The standard InChI is InChI=1S/C11H18N2O3/c1-3-9(7(2)14)11-12-10(13-16-11)8-4-5-15-6-8/h7-9,14H,3-6H2,1-2H3. The second-order valence-corrected chi connectivity index (χ2v) is 4.31. The van der Waals surface area contributed by atoms with Crippen molar-refractivity contribution >= 4 is 0 Å². The monoisotopic (exact) mass is 226 g/mol. The molecule has 0 radical (unpaired) electrons. The Bertz CT molecular complexity index is 332. The van der Waals surface area contributed by atoms with Gasteiger partial charge in [-0.2, -0.15) is 4.98 Å². The van der Waals surface area contributed by atoms with Gasteiger partial charge in [0.1, 0.15) is 0 Å². The fourth-order valence-corrected chi connectivity index (χ4v) is 2.02. The van der Waals surface area contributed by atoms with Crippen molar-refractivity contribution in [1.82, 2.24) is 10.1 Å². The third-order valence-electron chi connectivity index (χ3n) is 3.09. The molecule has 1 N–H and O–H groups in total. The van der Waals surface area contributed by atoms with Gasteiger partial charge in [0, 0.05) is 12.5 Å². The Morgan fingerprint density at radius 3 is 2.94 bits per heavy atom. The van der Waals surface area contributed by atoms with E-state index in [-0.39, 0.29) is 11.8 Å². The third kappa shape index (κ3) is 2.25. The Hall–Kier alpha value is -0.940. The highest BCUT2D eigenvalue weighted by molar-refractivity contribution is 5.01. The van der Waals surface area contributed by atoms with Crippen molar-refractivity contribution in [2.45, 2.75) is 44.6 Å². The molecule has 2 rings (SSSR count). The lowest BCUT2D eigenvalue weighted by Crippen LogP contribution is -2.14. The van der Waals surface area contributed by atoms with Crippen LogP contribution in [0.3, 0.4) is 0 Å². The van der Waals surface area contributed by atoms with E-state index in [0.29, 0.717) is 18.3 Å². The minimum absolute atomic E-state index is 0.0661. The molecule has 5 heteroatoms. The number of hydrogen-bond acceptors (Lipinski definition) is 5. The lowest BCUT2D eigenvalue weighted by Gasteiger charge is -2.12. The number of aliphatic hydroxyl groups is 1.